The Morgan fingerprint density at radius 2 is 2.43 bits per heavy atom. The van der Waals surface area contributed by atoms with E-state index >= 15 is 0 Å². The van der Waals surface area contributed by atoms with Gasteiger partial charge >= 0.3 is 0 Å². The highest BCUT2D eigenvalue weighted by molar-refractivity contribution is 5.04. The van der Waals surface area contributed by atoms with Gasteiger partial charge in [-0.3, -0.25) is 0 Å². The maximum absolute atomic E-state index is 8.95. The maximum atomic E-state index is 8.95. The normalized spacial score (nSPS) is 18.4. The summed E-state index contributed by atoms with van der Waals surface area (Å²) in [5, 5.41) is 8.95. The molecular formula is C10H17N3O. The molecule has 1 unspecified atom stereocenters. The maximum Gasteiger partial charge on any atom is 0.0948 e. The van der Waals surface area contributed by atoms with Crippen LogP contribution in [0.2, 0.25) is 0 Å². The van der Waals surface area contributed by atoms with Crippen LogP contribution in [0.1, 0.15) is 31.0 Å². The summed E-state index contributed by atoms with van der Waals surface area (Å²) in [5.74, 6) is 0.913. The number of aliphatic hydroxyl groups is 1. The molecule has 0 saturated heterocycles. The summed E-state index contributed by atoms with van der Waals surface area (Å²) in [4.78, 5) is 4.06. The third-order valence-corrected chi connectivity index (χ3v) is 2.80. The van der Waals surface area contributed by atoms with Crippen molar-refractivity contribution in [3.63, 3.8) is 0 Å². The molecule has 4 nitrogen and oxygen atoms in total. The molecule has 1 heterocycles. The molecule has 0 aromatic carbocycles. The van der Waals surface area contributed by atoms with Crippen molar-refractivity contribution in [2.45, 2.75) is 31.8 Å². The second-order valence-corrected chi connectivity index (χ2v) is 4.03. The van der Waals surface area contributed by atoms with Gasteiger partial charge in [-0.2, -0.15) is 0 Å². The van der Waals surface area contributed by atoms with Crippen molar-refractivity contribution in [1.82, 2.24) is 9.55 Å². The first-order valence-electron chi connectivity index (χ1n) is 5.17. The van der Waals surface area contributed by atoms with Crippen molar-refractivity contribution < 1.29 is 5.11 Å². The highest BCUT2D eigenvalue weighted by Gasteiger charge is 2.21. The lowest BCUT2D eigenvalue weighted by molar-refractivity contribution is 0.263. The minimum absolute atomic E-state index is 0.0187. The quantitative estimate of drug-likeness (QED) is 0.726. The molecule has 0 radical (unpaired) electrons. The van der Waals surface area contributed by atoms with Crippen molar-refractivity contribution in [1.29, 1.82) is 0 Å². The lowest BCUT2D eigenvalue weighted by Crippen LogP contribution is -2.18. The van der Waals surface area contributed by atoms with Crippen LogP contribution in [0.15, 0.2) is 12.5 Å². The minimum Gasteiger partial charge on any atom is -0.394 e. The Kier molecular flexibility index (Phi) is 2.84. The standard InChI is InChI=1S/C10H17N3O/c11-9(6-14)10-5-12-7-13(10)4-3-8-1-2-8/h5,7-9,14H,1-4,6,11H2. The van der Waals surface area contributed by atoms with Crippen molar-refractivity contribution in [3.8, 4) is 0 Å². The van der Waals surface area contributed by atoms with Gasteiger partial charge in [0, 0.05) is 12.7 Å². The molecule has 1 aromatic rings. The molecule has 0 amide bonds. The molecule has 0 spiro atoms. The van der Waals surface area contributed by atoms with Crippen molar-refractivity contribution in [3.05, 3.63) is 18.2 Å². The third kappa shape index (κ3) is 2.13. The van der Waals surface area contributed by atoms with Gasteiger partial charge in [-0.05, 0) is 12.3 Å². The second kappa shape index (κ2) is 4.11. The van der Waals surface area contributed by atoms with Gasteiger partial charge in [0.05, 0.1) is 24.7 Å². The lowest BCUT2D eigenvalue weighted by atomic mass is 10.2. The highest BCUT2D eigenvalue weighted by Crippen LogP contribution is 2.32. The molecule has 1 atom stereocenters. The average Bonchev–Trinajstić information content (AvgIpc) is 2.92. The highest BCUT2D eigenvalue weighted by atomic mass is 16.3. The summed E-state index contributed by atoms with van der Waals surface area (Å²) in [6, 6.07) is -0.295. The SMILES string of the molecule is NC(CO)c1cncn1CCC1CC1. The molecule has 2 rings (SSSR count). The largest absolute Gasteiger partial charge is 0.394 e. The number of hydrogen-bond donors (Lipinski definition) is 2. The molecule has 78 valence electrons. The van der Waals surface area contributed by atoms with E-state index in [-0.39, 0.29) is 12.6 Å². The zero-order valence-corrected chi connectivity index (χ0v) is 8.26. The first-order chi connectivity index (χ1) is 6.81. The van der Waals surface area contributed by atoms with Gasteiger partial charge < -0.3 is 15.4 Å². The fourth-order valence-corrected chi connectivity index (χ4v) is 1.65. The van der Waals surface area contributed by atoms with E-state index in [1.54, 1.807) is 12.5 Å². The number of imidazole rings is 1. The topological polar surface area (TPSA) is 64.1 Å². The van der Waals surface area contributed by atoms with Gasteiger partial charge in [0.1, 0.15) is 0 Å². The van der Waals surface area contributed by atoms with Crippen LogP contribution in [0.25, 0.3) is 0 Å². The number of hydrogen-bond acceptors (Lipinski definition) is 3. The Bertz CT molecular complexity index is 293. The number of aliphatic hydroxyl groups excluding tert-OH is 1. The Morgan fingerprint density at radius 3 is 3.07 bits per heavy atom. The molecule has 1 aromatic heterocycles. The van der Waals surface area contributed by atoms with Crippen LogP contribution in [0, 0.1) is 5.92 Å². The monoisotopic (exact) mass is 195 g/mol. The van der Waals surface area contributed by atoms with Crippen LogP contribution < -0.4 is 5.73 Å². The van der Waals surface area contributed by atoms with Gasteiger partial charge in [-0.15, -0.1) is 0 Å². The third-order valence-electron chi connectivity index (χ3n) is 2.80. The molecule has 1 saturated carbocycles. The number of nitrogens with zero attached hydrogens (tertiary/aromatic N) is 2. The second-order valence-electron chi connectivity index (χ2n) is 4.03. The molecule has 0 aliphatic heterocycles. The fraction of sp³-hybridized carbons (Fsp3) is 0.700. The molecular weight excluding hydrogens is 178 g/mol. The van der Waals surface area contributed by atoms with Gasteiger partial charge in [-0.25, -0.2) is 4.98 Å². The first-order valence-corrected chi connectivity index (χ1v) is 5.17. The molecule has 1 aliphatic rings. The summed E-state index contributed by atoms with van der Waals surface area (Å²) in [5.41, 5.74) is 6.69. The predicted molar refractivity (Wildman–Crippen MR) is 53.6 cm³/mol. The Balaban J connectivity index is 1.96. The van der Waals surface area contributed by atoms with Crippen LogP contribution in [-0.4, -0.2) is 21.3 Å². The van der Waals surface area contributed by atoms with Crippen LogP contribution in [0.4, 0.5) is 0 Å². The minimum atomic E-state index is -0.295. The van der Waals surface area contributed by atoms with E-state index in [2.05, 4.69) is 9.55 Å². The molecule has 4 heteroatoms. The zero-order valence-electron chi connectivity index (χ0n) is 8.26. The van der Waals surface area contributed by atoms with E-state index in [0.717, 1.165) is 18.2 Å². The van der Waals surface area contributed by atoms with Crippen molar-refractivity contribution >= 4 is 0 Å². The van der Waals surface area contributed by atoms with Crippen LogP contribution in [-0.2, 0) is 6.54 Å². The van der Waals surface area contributed by atoms with E-state index in [4.69, 9.17) is 10.8 Å². The number of nitrogens with two attached hydrogens (primary N) is 1. The summed E-state index contributed by atoms with van der Waals surface area (Å²) in [7, 11) is 0. The van der Waals surface area contributed by atoms with Crippen molar-refractivity contribution in [2.75, 3.05) is 6.61 Å². The molecule has 1 aliphatic carbocycles. The molecule has 14 heavy (non-hydrogen) atoms. The van der Waals surface area contributed by atoms with Gasteiger partial charge in [0.2, 0.25) is 0 Å². The Hall–Kier alpha value is -0.870. The fourth-order valence-electron chi connectivity index (χ4n) is 1.65. The molecule has 1 fully saturated rings. The summed E-state index contributed by atoms with van der Waals surface area (Å²) in [6.45, 7) is 0.961. The number of aromatic nitrogens is 2. The smallest absolute Gasteiger partial charge is 0.0948 e. The summed E-state index contributed by atoms with van der Waals surface area (Å²) < 4.78 is 2.05. The first kappa shape index (κ1) is 9.68. The Morgan fingerprint density at radius 1 is 1.64 bits per heavy atom. The van der Waals surface area contributed by atoms with E-state index in [0.29, 0.717) is 0 Å². The number of aryl methyl sites for hydroxylation is 1. The summed E-state index contributed by atoms with van der Waals surface area (Å²) in [6.07, 6.45) is 7.49. The lowest BCUT2D eigenvalue weighted by Gasteiger charge is -2.11. The molecule has 3 N–H and O–H groups in total. The van der Waals surface area contributed by atoms with Gasteiger partial charge in [0.25, 0.3) is 0 Å². The summed E-state index contributed by atoms with van der Waals surface area (Å²) >= 11 is 0. The van der Waals surface area contributed by atoms with Crippen molar-refractivity contribution in [2.24, 2.45) is 11.7 Å². The van der Waals surface area contributed by atoms with Gasteiger partial charge in [-0.1, -0.05) is 12.8 Å². The molecule has 0 bridgehead atoms. The van der Waals surface area contributed by atoms with Gasteiger partial charge in [0.15, 0.2) is 0 Å². The predicted octanol–water partition coefficient (Wildman–Crippen LogP) is 0.675. The van der Waals surface area contributed by atoms with E-state index in [9.17, 15) is 0 Å². The Labute approximate surface area is 83.8 Å². The van der Waals surface area contributed by atoms with E-state index in [1.807, 2.05) is 0 Å². The zero-order chi connectivity index (χ0) is 9.97. The van der Waals surface area contributed by atoms with E-state index in [1.165, 1.54) is 19.3 Å². The van der Waals surface area contributed by atoms with Crippen LogP contribution in [0.5, 0.6) is 0 Å². The van der Waals surface area contributed by atoms with E-state index < -0.39 is 0 Å². The van der Waals surface area contributed by atoms with Crippen LogP contribution >= 0.6 is 0 Å². The number of rotatable bonds is 5. The average molecular weight is 195 g/mol. The van der Waals surface area contributed by atoms with Crippen LogP contribution in [0.3, 0.4) is 0 Å².